The van der Waals surface area contributed by atoms with E-state index in [9.17, 15) is 0 Å². The Hall–Kier alpha value is -0.500. The molecule has 1 rings (SSSR count). The van der Waals surface area contributed by atoms with Crippen molar-refractivity contribution >= 4 is 12.6 Å². The van der Waals surface area contributed by atoms with Crippen LogP contribution in [0.1, 0.15) is 31.0 Å². The highest BCUT2D eigenvalue weighted by Crippen LogP contribution is 2.14. The second kappa shape index (κ2) is 3.77. The van der Waals surface area contributed by atoms with Crippen LogP contribution in [0.25, 0.3) is 0 Å². The molecule has 0 fully saturated rings. The Labute approximate surface area is 73.3 Å². The topological polar surface area (TPSA) is 12.9 Å². The average Bonchev–Trinajstić information content (AvgIpc) is 2.05. The van der Waals surface area contributed by atoms with Crippen molar-refractivity contribution in [3.63, 3.8) is 0 Å². The van der Waals surface area contributed by atoms with Crippen LogP contribution < -0.4 is 0 Å². The molecule has 1 heterocycles. The molecular weight excluding hydrogens is 154 g/mol. The van der Waals surface area contributed by atoms with Crippen LogP contribution in [0.2, 0.25) is 0 Å². The molecule has 0 spiro atoms. The lowest BCUT2D eigenvalue weighted by molar-refractivity contribution is 0.858. The molecule has 1 nitrogen and oxygen atoms in total. The molecular formula is C9H13NS. The quantitative estimate of drug-likeness (QED) is 0.668. The molecule has 0 unspecified atom stereocenters. The van der Waals surface area contributed by atoms with Gasteiger partial charge in [0.15, 0.2) is 0 Å². The lowest BCUT2D eigenvalue weighted by atomic mass is 10.0. The molecule has 0 amide bonds. The number of thiol groups is 1. The van der Waals surface area contributed by atoms with Crippen LogP contribution in [-0.2, 0) is 5.75 Å². The molecule has 2 heteroatoms. The predicted octanol–water partition coefficient (Wildman–Crippen LogP) is 2.63. The minimum absolute atomic E-state index is 0.580. The largest absolute Gasteiger partial charge is 0.260 e. The fourth-order valence-electron chi connectivity index (χ4n) is 0.942. The van der Waals surface area contributed by atoms with Gasteiger partial charge in [-0.2, -0.15) is 12.6 Å². The summed E-state index contributed by atoms with van der Waals surface area (Å²) in [4.78, 5) is 4.16. The summed E-state index contributed by atoms with van der Waals surface area (Å²) in [5.74, 6) is 1.30. The number of nitrogens with zero attached hydrogens (tertiary/aromatic N) is 1. The summed E-state index contributed by atoms with van der Waals surface area (Å²) in [7, 11) is 0. The van der Waals surface area contributed by atoms with Gasteiger partial charge >= 0.3 is 0 Å². The Morgan fingerprint density at radius 2 is 2.27 bits per heavy atom. The van der Waals surface area contributed by atoms with Crippen molar-refractivity contribution in [1.82, 2.24) is 4.98 Å². The summed E-state index contributed by atoms with van der Waals surface area (Å²) in [5, 5.41) is 0. The van der Waals surface area contributed by atoms with Crippen molar-refractivity contribution in [2.24, 2.45) is 0 Å². The Morgan fingerprint density at radius 3 is 2.82 bits per heavy atom. The number of pyridine rings is 1. The monoisotopic (exact) mass is 167 g/mol. The summed E-state index contributed by atoms with van der Waals surface area (Å²) < 4.78 is 0. The van der Waals surface area contributed by atoms with E-state index >= 15 is 0 Å². The first-order chi connectivity index (χ1) is 5.24. The first kappa shape index (κ1) is 8.60. The van der Waals surface area contributed by atoms with Gasteiger partial charge in [-0.05, 0) is 23.6 Å². The molecule has 1 aromatic heterocycles. The van der Waals surface area contributed by atoms with Gasteiger partial charge in [-0.1, -0.05) is 13.8 Å². The van der Waals surface area contributed by atoms with Gasteiger partial charge in [-0.3, -0.25) is 4.98 Å². The van der Waals surface area contributed by atoms with Gasteiger partial charge in [-0.15, -0.1) is 0 Å². The van der Waals surface area contributed by atoms with E-state index in [0.717, 1.165) is 11.4 Å². The molecule has 0 saturated heterocycles. The molecule has 0 aliphatic heterocycles. The maximum atomic E-state index is 4.16. The van der Waals surface area contributed by atoms with Crippen LogP contribution in [0.5, 0.6) is 0 Å². The van der Waals surface area contributed by atoms with Crippen LogP contribution in [0.4, 0.5) is 0 Å². The highest BCUT2D eigenvalue weighted by atomic mass is 32.1. The molecule has 0 aromatic carbocycles. The summed E-state index contributed by atoms with van der Waals surface area (Å²) in [6, 6.07) is 4.16. The number of aromatic nitrogens is 1. The summed E-state index contributed by atoms with van der Waals surface area (Å²) in [6.07, 6.45) is 1.85. The highest BCUT2D eigenvalue weighted by molar-refractivity contribution is 7.79. The number of rotatable bonds is 2. The van der Waals surface area contributed by atoms with Crippen molar-refractivity contribution < 1.29 is 0 Å². The van der Waals surface area contributed by atoms with Crippen molar-refractivity contribution in [2.75, 3.05) is 0 Å². The Morgan fingerprint density at radius 1 is 1.55 bits per heavy atom. The van der Waals surface area contributed by atoms with E-state index in [2.05, 4.69) is 43.6 Å². The van der Waals surface area contributed by atoms with Crippen LogP contribution in [0, 0.1) is 0 Å². The fraction of sp³-hybridized carbons (Fsp3) is 0.444. The zero-order chi connectivity index (χ0) is 8.27. The van der Waals surface area contributed by atoms with Gasteiger partial charge < -0.3 is 0 Å². The minimum Gasteiger partial charge on any atom is -0.260 e. The van der Waals surface area contributed by atoms with E-state index in [1.807, 2.05) is 6.20 Å². The third-order valence-electron chi connectivity index (χ3n) is 1.67. The van der Waals surface area contributed by atoms with Crippen LogP contribution in [0.15, 0.2) is 18.3 Å². The molecule has 0 bridgehead atoms. The average molecular weight is 167 g/mol. The Kier molecular flexibility index (Phi) is 2.94. The van der Waals surface area contributed by atoms with E-state index < -0.39 is 0 Å². The van der Waals surface area contributed by atoms with Gasteiger partial charge in [0.2, 0.25) is 0 Å². The van der Waals surface area contributed by atoms with Crippen molar-refractivity contribution in [3.05, 3.63) is 29.6 Å². The molecule has 11 heavy (non-hydrogen) atoms. The Balaban J connectivity index is 2.91. The van der Waals surface area contributed by atoms with Gasteiger partial charge in [-0.25, -0.2) is 0 Å². The lowest BCUT2D eigenvalue weighted by Crippen LogP contribution is -1.91. The zero-order valence-corrected chi connectivity index (χ0v) is 7.81. The van der Waals surface area contributed by atoms with Gasteiger partial charge in [0.05, 0.1) is 5.69 Å². The molecule has 1 aromatic rings. The molecule has 60 valence electrons. The number of hydrogen-bond donors (Lipinski definition) is 1. The molecule has 0 aliphatic carbocycles. The van der Waals surface area contributed by atoms with Crippen LogP contribution in [-0.4, -0.2) is 4.98 Å². The van der Waals surface area contributed by atoms with E-state index in [0.29, 0.717) is 5.92 Å². The SMILES string of the molecule is CC(C)c1ccnc(CS)c1. The lowest BCUT2D eigenvalue weighted by Gasteiger charge is -2.05. The van der Waals surface area contributed by atoms with Gasteiger partial charge in [0.1, 0.15) is 0 Å². The highest BCUT2D eigenvalue weighted by Gasteiger charge is 1.98. The summed E-state index contributed by atoms with van der Waals surface area (Å²) >= 11 is 4.16. The zero-order valence-electron chi connectivity index (χ0n) is 6.91. The Bertz CT molecular complexity index is 233. The first-order valence-electron chi connectivity index (χ1n) is 3.79. The second-order valence-corrected chi connectivity index (χ2v) is 3.21. The fourth-order valence-corrected chi connectivity index (χ4v) is 1.12. The van der Waals surface area contributed by atoms with Gasteiger partial charge in [0, 0.05) is 11.9 Å². The normalized spacial score (nSPS) is 10.5. The molecule has 0 radical (unpaired) electrons. The second-order valence-electron chi connectivity index (χ2n) is 2.89. The maximum absolute atomic E-state index is 4.16. The van der Waals surface area contributed by atoms with Crippen molar-refractivity contribution in [1.29, 1.82) is 0 Å². The summed E-state index contributed by atoms with van der Waals surface area (Å²) in [6.45, 7) is 4.36. The number of hydrogen-bond acceptors (Lipinski definition) is 2. The molecule has 0 N–H and O–H groups in total. The van der Waals surface area contributed by atoms with Crippen LogP contribution >= 0.6 is 12.6 Å². The molecule has 0 atom stereocenters. The van der Waals surface area contributed by atoms with Gasteiger partial charge in [0.25, 0.3) is 0 Å². The third kappa shape index (κ3) is 2.22. The van der Waals surface area contributed by atoms with Crippen LogP contribution in [0.3, 0.4) is 0 Å². The standard InChI is InChI=1S/C9H13NS/c1-7(2)8-3-4-10-9(5-8)6-11/h3-5,7,11H,6H2,1-2H3. The molecule has 0 aliphatic rings. The third-order valence-corrected chi connectivity index (χ3v) is 1.99. The first-order valence-corrected chi connectivity index (χ1v) is 4.43. The molecule has 0 saturated carbocycles. The summed E-state index contributed by atoms with van der Waals surface area (Å²) in [5.41, 5.74) is 2.39. The maximum Gasteiger partial charge on any atom is 0.0502 e. The van der Waals surface area contributed by atoms with E-state index in [4.69, 9.17) is 0 Å². The van der Waals surface area contributed by atoms with E-state index in [-0.39, 0.29) is 0 Å². The predicted molar refractivity (Wildman–Crippen MR) is 51.0 cm³/mol. The van der Waals surface area contributed by atoms with E-state index in [1.54, 1.807) is 0 Å². The minimum atomic E-state index is 0.580. The van der Waals surface area contributed by atoms with Crippen molar-refractivity contribution in [3.8, 4) is 0 Å². The van der Waals surface area contributed by atoms with E-state index in [1.165, 1.54) is 5.56 Å². The smallest absolute Gasteiger partial charge is 0.0502 e. The van der Waals surface area contributed by atoms with Crippen molar-refractivity contribution in [2.45, 2.75) is 25.5 Å².